The van der Waals surface area contributed by atoms with Crippen molar-refractivity contribution in [3.05, 3.63) is 91.0 Å². The number of hydrogen-bond donors (Lipinski definition) is 2. The zero-order valence-corrected chi connectivity index (χ0v) is 23.1. The van der Waals surface area contributed by atoms with Crippen LogP contribution in [-0.2, 0) is 27.1 Å². The van der Waals surface area contributed by atoms with Crippen LogP contribution in [0.1, 0.15) is 21.2 Å². The van der Waals surface area contributed by atoms with Crippen LogP contribution >= 0.6 is 34.4 Å². The van der Waals surface area contributed by atoms with Crippen molar-refractivity contribution in [2.75, 3.05) is 10.2 Å². The SMILES string of the molecule is O=C(Cn1c2c(sc1=O)C(c1cccs1)C1C(=O)N(c3ccccc3C(F)(F)F)C(=O)C1S2)Nc1ccc(O)cc1. The van der Waals surface area contributed by atoms with Crippen LogP contribution in [-0.4, -0.2) is 32.6 Å². The van der Waals surface area contributed by atoms with Crippen molar-refractivity contribution in [1.82, 2.24) is 4.57 Å². The molecule has 8 nitrogen and oxygen atoms in total. The minimum absolute atomic E-state index is 0.0133. The molecule has 0 saturated carbocycles. The number of carbonyl (C=O) groups is 3. The van der Waals surface area contributed by atoms with Gasteiger partial charge in [0.2, 0.25) is 17.7 Å². The van der Waals surface area contributed by atoms with Gasteiger partial charge < -0.3 is 10.4 Å². The van der Waals surface area contributed by atoms with Crippen molar-refractivity contribution in [3.63, 3.8) is 0 Å². The molecule has 41 heavy (non-hydrogen) atoms. The number of thioether (sulfide) groups is 1. The highest BCUT2D eigenvalue weighted by Crippen LogP contribution is 2.55. The summed E-state index contributed by atoms with van der Waals surface area (Å²) in [5.41, 5.74) is -1.25. The van der Waals surface area contributed by atoms with Gasteiger partial charge in [-0.15, -0.1) is 11.3 Å². The number of phenols is 1. The molecule has 2 aliphatic rings. The third-order valence-electron chi connectivity index (χ3n) is 6.80. The molecule has 2 aromatic heterocycles. The second kappa shape index (κ2) is 10.2. The molecule has 210 valence electrons. The smallest absolute Gasteiger partial charge is 0.418 e. The number of anilines is 2. The number of amides is 3. The monoisotopic (exact) mass is 617 g/mol. The number of thiazole rings is 1. The molecule has 0 aliphatic carbocycles. The summed E-state index contributed by atoms with van der Waals surface area (Å²) < 4.78 is 42.8. The Balaban J connectivity index is 1.40. The summed E-state index contributed by atoms with van der Waals surface area (Å²) in [6, 6.07) is 13.7. The molecule has 3 atom stereocenters. The molecule has 1 saturated heterocycles. The summed E-state index contributed by atoms with van der Waals surface area (Å²) in [5, 5.41) is 13.1. The number of imide groups is 1. The Labute approximate surface area is 242 Å². The number of benzene rings is 2. The van der Waals surface area contributed by atoms with E-state index in [1.807, 2.05) is 0 Å². The van der Waals surface area contributed by atoms with E-state index in [1.54, 1.807) is 17.5 Å². The van der Waals surface area contributed by atoms with Crippen molar-refractivity contribution in [2.24, 2.45) is 5.92 Å². The maximum atomic E-state index is 13.8. The van der Waals surface area contributed by atoms with E-state index in [0.717, 1.165) is 35.2 Å². The number of para-hydroxylation sites is 1. The second-order valence-electron chi connectivity index (χ2n) is 9.30. The molecule has 3 unspecified atom stereocenters. The van der Waals surface area contributed by atoms with Gasteiger partial charge in [-0.2, -0.15) is 13.2 Å². The number of aromatic nitrogens is 1. The van der Waals surface area contributed by atoms with Gasteiger partial charge in [-0.1, -0.05) is 41.3 Å². The summed E-state index contributed by atoms with van der Waals surface area (Å²) in [7, 11) is 0. The van der Waals surface area contributed by atoms with E-state index in [1.165, 1.54) is 52.3 Å². The van der Waals surface area contributed by atoms with Gasteiger partial charge in [0.05, 0.1) is 22.2 Å². The molecule has 6 rings (SSSR count). The van der Waals surface area contributed by atoms with Crippen LogP contribution in [0, 0.1) is 5.92 Å². The summed E-state index contributed by atoms with van der Waals surface area (Å²) in [4.78, 5) is 54.8. The third-order valence-corrected chi connectivity index (χ3v) is 10.4. The number of phenolic OH excluding ortho intramolecular Hbond substituents is 1. The van der Waals surface area contributed by atoms with Crippen molar-refractivity contribution in [1.29, 1.82) is 0 Å². The van der Waals surface area contributed by atoms with Crippen LogP contribution in [0.3, 0.4) is 0 Å². The second-order valence-corrected chi connectivity index (χ2v) is 12.4. The summed E-state index contributed by atoms with van der Waals surface area (Å²) >= 11 is 3.08. The molecular weight excluding hydrogens is 600 g/mol. The normalized spacial score (nSPS) is 20.2. The van der Waals surface area contributed by atoms with E-state index in [0.29, 0.717) is 25.4 Å². The van der Waals surface area contributed by atoms with Crippen molar-refractivity contribution in [3.8, 4) is 5.75 Å². The van der Waals surface area contributed by atoms with Crippen LogP contribution < -0.4 is 15.1 Å². The van der Waals surface area contributed by atoms with Gasteiger partial charge in [-0.25, -0.2) is 4.90 Å². The fourth-order valence-electron chi connectivity index (χ4n) is 5.06. The number of hydrogen-bond acceptors (Lipinski definition) is 8. The van der Waals surface area contributed by atoms with E-state index < -0.39 is 63.7 Å². The highest BCUT2D eigenvalue weighted by molar-refractivity contribution is 8.00. The lowest BCUT2D eigenvalue weighted by atomic mass is 9.87. The summed E-state index contributed by atoms with van der Waals surface area (Å²) in [6.45, 7) is -0.393. The maximum absolute atomic E-state index is 13.8. The molecular formula is C27H18F3N3O5S3. The highest BCUT2D eigenvalue weighted by Gasteiger charge is 2.58. The predicted octanol–water partition coefficient (Wildman–Crippen LogP) is 5.13. The van der Waals surface area contributed by atoms with Crippen molar-refractivity contribution < 1.29 is 32.7 Å². The molecule has 4 heterocycles. The van der Waals surface area contributed by atoms with Crippen molar-refractivity contribution in [2.45, 2.75) is 28.9 Å². The van der Waals surface area contributed by atoms with E-state index in [-0.39, 0.29) is 5.75 Å². The largest absolute Gasteiger partial charge is 0.508 e. The Bertz CT molecular complexity index is 1730. The van der Waals surface area contributed by atoms with Crippen LogP contribution in [0.25, 0.3) is 0 Å². The number of nitrogens with one attached hydrogen (secondary N) is 1. The van der Waals surface area contributed by atoms with Gasteiger partial charge in [-0.3, -0.25) is 23.7 Å². The summed E-state index contributed by atoms with van der Waals surface area (Å²) in [5.74, 6) is -3.91. The quantitative estimate of drug-likeness (QED) is 0.238. The molecule has 4 aromatic rings. The zero-order valence-electron chi connectivity index (χ0n) is 20.6. The first-order valence-electron chi connectivity index (χ1n) is 12.1. The van der Waals surface area contributed by atoms with Crippen LogP contribution in [0.5, 0.6) is 5.75 Å². The fourth-order valence-corrected chi connectivity index (χ4v) is 8.79. The van der Waals surface area contributed by atoms with Gasteiger partial charge in [0.25, 0.3) is 0 Å². The molecule has 14 heteroatoms. The predicted molar refractivity (Wildman–Crippen MR) is 149 cm³/mol. The highest BCUT2D eigenvalue weighted by atomic mass is 32.2. The molecule has 3 amide bonds. The van der Waals surface area contributed by atoms with Crippen LogP contribution in [0.2, 0.25) is 0 Å². The van der Waals surface area contributed by atoms with E-state index in [4.69, 9.17) is 0 Å². The number of fused-ring (bicyclic) bond motifs is 2. The van der Waals surface area contributed by atoms with Crippen LogP contribution in [0.15, 0.2) is 75.9 Å². The van der Waals surface area contributed by atoms with E-state index in [2.05, 4.69) is 5.32 Å². The number of carbonyl (C=O) groups excluding carboxylic acids is 3. The number of nitrogens with zero attached hydrogens (tertiary/aromatic N) is 2. The number of rotatable bonds is 5. The molecule has 2 aliphatic heterocycles. The molecule has 0 radical (unpaired) electrons. The van der Waals surface area contributed by atoms with E-state index >= 15 is 0 Å². The Kier molecular flexibility index (Phi) is 6.78. The lowest BCUT2D eigenvalue weighted by Gasteiger charge is -2.29. The lowest BCUT2D eigenvalue weighted by molar-refractivity contribution is -0.137. The van der Waals surface area contributed by atoms with Crippen molar-refractivity contribution >= 4 is 63.5 Å². The van der Waals surface area contributed by atoms with Gasteiger partial charge in [0.1, 0.15) is 17.5 Å². The standard InChI is InChI=1S/C27H18F3N3O5S3/c28-27(29,30)15-4-1-2-5-16(15)33-23(36)20-19(17-6-3-11-39-17)22-25(40-21(20)24(33)37)32(26(38)41-22)12-18(35)31-13-7-9-14(34)10-8-13/h1-11,19-21,34H,12H2,(H,31,35). The maximum Gasteiger partial charge on any atom is 0.418 e. The number of halogens is 3. The van der Waals surface area contributed by atoms with Gasteiger partial charge in [0.15, 0.2) is 0 Å². The summed E-state index contributed by atoms with van der Waals surface area (Å²) in [6.07, 6.45) is -4.80. The van der Waals surface area contributed by atoms with Crippen LogP contribution in [0.4, 0.5) is 24.5 Å². The number of thiophene rings is 1. The minimum atomic E-state index is -4.80. The first-order valence-corrected chi connectivity index (χ1v) is 14.7. The lowest BCUT2D eigenvalue weighted by Crippen LogP contribution is -2.33. The average Bonchev–Trinajstić information content (AvgIpc) is 3.62. The van der Waals surface area contributed by atoms with E-state index in [9.17, 15) is 37.5 Å². The molecule has 0 bridgehead atoms. The fraction of sp³-hybridized carbons (Fsp3) is 0.185. The molecule has 2 aromatic carbocycles. The molecule has 2 N–H and O–H groups in total. The first-order chi connectivity index (χ1) is 19.5. The minimum Gasteiger partial charge on any atom is -0.508 e. The Morgan fingerprint density at radius 3 is 2.39 bits per heavy atom. The third kappa shape index (κ3) is 4.75. The average molecular weight is 618 g/mol. The Hall–Kier alpha value is -3.88. The van der Waals surface area contributed by atoms with Gasteiger partial charge in [-0.05, 0) is 47.8 Å². The number of aromatic hydroxyl groups is 1. The van der Waals surface area contributed by atoms with Gasteiger partial charge >= 0.3 is 11.0 Å². The zero-order chi connectivity index (χ0) is 29.1. The Morgan fingerprint density at radius 1 is 0.976 bits per heavy atom. The molecule has 1 fully saturated rings. The van der Waals surface area contributed by atoms with Gasteiger partial charge in [0, 0.05) is 21.4 Å². The Morgan fingerprint density at radius 2 is 1.71 bits per heavy atom. The molecule has 0 spiro atoms. The number of alkyl halides is 3. The first kappa shape index (κ1) is 27.3. The topological polar surface area (TPSA) is 109 Å².